The van der Waals surface area contributed by atoms with Gasteiger partial charge in [-0.25, -0.2) is 4.98 Å². The van der Waals surface area contributed by atoms with Crippen molar-refractivity contribution in [3.8, 4) is 0 Å². The van der Waals surface area contributed by atoms with E-state index in [1.165, 1.54) is 5.56 Å². The van der Waals surface area contributed by atoms with Crippen molar-refractivity contribution in [2.75, 3.05) is 24.5 Å². The predicted molar refractivity (Wildman–Crippen MR) is 109 cm³/mol. The summed E-state index contributed by atoms with van der Waals surface area (Å²) >= 11 is 0. The summed E-state index contributed by atoms with van der Waals surface area (Å²) in [5.41, 5.74) is 2.70. The molecule has 6 heteroatoms. The standard InChI is InChI=1S/C22H23N5O/c28-22(25-15-17-9-11-23-12-10-17)19-7-4-8-21(26-19)27-14-13-24-20(16-27)18-5-2-1-3-6-18/h1-12,20,24H,13-16H2,(H,25,28)/t20-/m1/s1. The Morgan fingerprint density at radius 1 is 1.07 bits per heavy atom. The highest BCUT2D eigenvalue weighted by Gasteiger charge is 2.22. The molecule has 142 valence electrons. The Labute approximate surface area is 164 Å². The summed E-state index contributed by atoms with van der Waals surface area (Å²) in [6.07, 6.45) is 3.43. The van der Waals surface area contributed by atoms with Crippen LogP contribution in [0.3, 0.4) is 0 Å². The molecule has 1 aliphatic rings. The lowest BCUT2D eigenvalue weighted by Crippen LogP contribution is -2.46. The molecule has 2 N–H and O–H groups in total. The zero-order valence-corrected chi connectivity index (χ0v) is 15.6. The van der Waals surface area contributed by atoms with Gasteiger partial charge in [0.15, 0.2) is 0 Å². The SMILES string of the molecule is O=C(NCc1ccncc1)c1cccc(N2CCN[C@@H](c3ccccc3)C2)n1. The van der Waals surface area contributed by atoms with E-state index in [9.17, 15) is 4.79 Å². The molecule has 0 spiro atoms. The molecule has 0 aliphatic carbocycles. The topological polar surface area (TPSA) is 70.2 Å². The molecule has 3 heterocycles. The quantitative estimate of drug-likeness (QED) is 0.719. The van der Waals surface area contributed by atoms with E-state index >= 15 is 0 Å². The minimum Gasteiger partial charge on any atom is -0.353 e. The number of nitrogens with zero attached hydrogens (tertiary/aromatic N) is 3. The van der Waals surface area contributed by atoms with Gasteiger partial charge in [-0.1, -0.05) is 36.4 Å². The third-order valence-corrected chi connectivity index (χ3v) is 4.87. The number of hydrogen-bond acceptors (Lipinski definition) is 5. The molecule has 2 aromatic heterocycles. The molecule has 1 saturated heterocycles. The molecule has 0 radical (unpaired) electrons. The minimum absolute atomic E-state index is 0.173. The molecular weight excluding hydrogens is 350 g/mol. The Balaban J connectivity index is 1.43. The van der Waals surface area contributed by atoms with E-state index in [4.69, 9.17) is 0 Å². The van der Waals surface area contributed by atoms with Gasteiger partial charge in [-0.05, 0) is 35.4 Å². The molecule has 0 bridgehead atoms. The van der Waals surface area contributed by atoms with Crippen molar-refractivity contribution in [2.45, 2.75) is 12.6 Å². The maximum Gasteiger partial charge on any atom is 0.270 e. The van der Waals surface area contributed by atoms with Crippen LogP contribution in [-0.4, -0.2) is 35.5 Å². The number of piperazine rings is 1. The van der Waals surface area contributed by atoms with Crippen molar-refractivity contribution in [1.82, 2.24) is 20.6 Å². The van der Waals surface area contributed by atoms with Gasteiger partial charge in [-0.2, -0.15) is 0 Å². The number of anilines is 1. The smallest absolute Gasteiger partial charge is 0.270 e. The lowest BCUT2D eigenvalue weighted by molar-refractivity contribution is 0.0946. The van der Waals surface area contributed by atoms with Gasteiger partial charge in [0.25, 0.3) is 5.91 Å². The van der Waals surface area contributed by atoms with Crippen LogP contribution in [0.1, 0.15) is 27.7 Å². The molecule has 1 aromatic carbocycles. The Bertz CT molecular complexity index is 916. The Morgan fingerprint density at radius 3 is 2.71 bits per heavy atom. The number of hydrogen-bond donors (Lipinski definition) is 2. The number of pyridine rings is 2. The van der Waals surface area contributed by atoms with Crippen LogP contribution in [-0.2, 0) is 6.54 Å². The highest BCUT2D eigenvalue weighted by atomic mass is 16.1. The average molecular weight is 373 g/mol. The molecule has 4 rings (SSSR count). The summed E-state index contributed by atoms with van der Waals surface area (Å²) in [5.74, 6) is 0.660. The highest BCUT2D eigenvalue weighted by molar-refractivity contribution is 5.92. The Kier molecular flexibility index (Phi) is 5.58. The van der Waals surface area contributed by atoms with E-state index < -0.39 is 0 Å². The van der Waals surface area contributed by atoms with E-state index in [-0.39, 0.29) is 11.9 Å². The van der Waals surface area contributed by atoms with Crippen LogP contribution in [0.5, 0.6) is 0 Å². The third-order valence-electron chi connectivity index (χ3n) is 4.87. The average Bonchev–Trinajstić information content (AvgIpc) is 2.79. The Hall–Kier alpha value is -3.25. The van der Waals surface area contributed by atoms with Crippen LogP contribution in [0.4, 0.5) is 5.82 Å². The number of carbonyl (C=O) groups is 1. The minimum atomic E-state index is -0.173. The largest absolute Gasteiger partial charge is 0.353 e. The normalized spacial score (nSPS) is 16.6. The van der Waals surface area contributed by atoms with Crippen molar-refractivity contribution in [3.05, 3.63) is 89.9 Å². The summed E-state index contributed by atoms with van der Waals surface area (Å²) in [6.45, 7) is 3.01. The van der Waals surface area contributed by atoms with E-state index in [2.05, 4.69) is 49.8 Å². The summed E-state index contributed by atoms with van der Waals surface area (Å²) in [6, 6.07) is 20.0. The number of aromatic nitrogens is 2. The zero-order valence-electron chi connectivity index (χ0n) is 15.6. The highest BCUT2D eigenvalue weighted by Crippen LogP contribution is 2.21. The summed E-state index contributed by atoms with van der Waals surface area (Å²) in [4.78, 5) is 23.3. The lowest BCUT2D eigenvalue weighted by Gasteiger charge is -2.34. The first-order chi connectivity index (χ1) is 13.8. The van der Waals surface area contributed by atoms with Gasteiger partial charge in [0.05, 0.1) is 0 Å². The molecular formula is C22H23N5O. The van der Waals surface area contributed by atoms with Crippen LogP contribution in [0.25, 0.3) is 0 Å². The van der Waals surface area contributed by atoms with Crippen LogP contribution >= 0.6 is 0 Å². The molecule has 1 fully saturated rings. The second kappa shape index (κ2) is 8.63. The lowest BCUT2D eigenvalue weighted by atomic mass is 10.0. The van der Waals surface area contributed by atoms with Crippen molar-refractivity contribution >= 4 is 11.7 Å². The van der Waals surface area contributed by atoms with E-state index in [1.54, 1.807) is 18.5 Å². The fourth-order valence-corrected chi connectivity index (χ4v) is 3.37. The van der Waals surface area contributed by atoms with Gasteiger partial charge in [-0.3, -0.25) is 9.78 Å². The van der Waals surface area contributed by atoms with Gasteiger partial charge in [0, 0.05) is 44.6 Å². The molecule has 1 atom stereocenters. The molecule has 1 amide bonds. The molecule has 3 aromatic rings. The van der Waals surface area contributed by atoms with Crippen LogP contribution in [0.2, 0.25) is 0 Å². The summed E-state index contributed by atoms with van der Waals surface area (Å²) in [5, 5.41) is 6.48. The van der Waals surface area contributed by atoms with Gasteiger partial charge < -0.3 is 15.5 Å². The molecule has 28 heavy (non-hydrogen) atoms. The maximum atomic E-state index is 12.5. The zero-order chi connectivity index (χ0) is 19.2. The predicted octanol–water partition coefficient (Wildman–Crippen LogP) is 2.56. The van der Waals surface area contributed by atoms with Gasteiger partial charge in [0.2, 0.25) is 0 Å². The first kappa shape index (κ1) is 18.1. The number of benzene rings is 1. The van der Waals surface area contributed by atoms with Crippen molar-refractivity contribution < 1.29 is 4.79 Å². The molecule has 0 unspecified atom stereocenters. The fraction of sp³-hybridized carbons (Fsp3) is 0.227. The first-order valence-corrected chi connectivity index (χ1v) is 9.47. The number of amides is 1. The van der Waals surface area contributed by atoms with E-state index in [0.29, 0.717) is 12.2 Å². The van der Waals surface area contributed by atoms with Crippen molar-refractivity contribution in [1.29, 1.82) is 0 Å². The van der Waals surface area contributed by atoms with Crippen LogP contribution < -0.4 is 15.5 Å². The van der Waals surface area contributed by atoms with Crippen molar-refractivity contribution in [3.63, 3.8) is 0 Å². The number of nitrogens with one attached hydrogen (secondary N) is 2. The van der Waals surface area contributed by atoms with E-state index in [1.807, 2.05) is 30.3 Å². The first-order valence-electron chi connectivity index (χ1n) is 9.47. The second-order valence-electron chi connectivity index (χ2n) is 6.78. The molecule has 0 saturated carbocycles. The van der Waals surface area contributed by atoms with Gasteiger partial charge >= 0.3 is 0 Å². The number of carbonyl (C=O) groups excluding carboxylic acids is 1. The Morgan fingerprint density at radius 2 is 1.89 bits per heavy atom. The molecule has 6 nitrogen and oxygen atoms in total. The van der Waals surface area contributed by atoms with Gasteiger partial charge in [0.1, 0.15) is 11.5 Å². The van der Waals surface area contributed by atoms with Crippen LogP contribution in [0.15, 0.2) is 73.1 Å². The molecule has 1 aliphatic heterocycles. The number of rotatable bonds is 5. The third kappa shape index (κ3) is 4.35. The van der Waals surface area contributed by atoms with E-state index in [0.717, 1.165) is 31.0 Å². The monoisotopic (exact) mass is 373 g/mol. The maximum absolute atomic E-state index is 12.5. The van der Waals surface area contributed by atoms with Gasteiger partial charge in [-0.15, -0.1) is 0 Å². The summed E-state index contributed by atoms with van der Waals surface area (Å²) in [7, 11) is 0. The summed E-state index contributed by atoms with van der Waals surface area (Å²) < 4.78 is 0. The fourth-order valence-electron chi connectivity index (χ4n) is 3.37. The van der Waals surface area contributed by atoms with Crippen LogP contribution in [0, 0.1) is 0 Å². The van der Waals surface area contributed by atoms with Crippen molar-refractivity contribution in [2.24, 2.45) is 0 Å². The second-order valence-corrected chi connectivity index (χ2v) is 6.78.